The maximum absolute atomic E-state index is 12.8. The van der Waals surface area contributed by atoms with E-state index in [1.54, 1.807) is 24.3 Å². The highest BCUT2D eigenvalue weighted by Crippen LogP contribution is 2.29. The molecule has 0 spiro atoms. The fourth-order valence-corrected chi connectivity index (χ4v) is 3.76. The van der Waals surface area contributed by atoms with Gasteiger partial charge in [0.25, 0.3) is 0 Å². The number of rotatable bonds is 6. The van der Waals surface area contributed by atoms with Crippen LogP contribution in [0.2, 0.25) is 0 Å². The number of methoxy groups -OCH3 is 2. The van der Waals surface area contributed by atoms with Crippen LogP contribution < -0.4 is 4.74 Å². The maximum Gasteiger partial charge on any atom is 0.379 e. The molecule has 0 aliphatic carbocycles. The molecule has 2 aromatic carbocycles. The van der Waals surface area contributed by atoms with Gasteiger partial charge in [0, 0.05) is 17.2 Å². The Morgan fingerprint density at radius 2 is 1.48 bits per heavy atom. The second kappa shape index (κ2) is 8.60. The van der Waals surface area contributed by atoms with Crippen LogP contribution in [0.5, 0.6) is 5.75 Å². The van der Waals surface area contributed by atoms with Gasteiger partial charge >= 0.3 is 17.9 Å². The Labute approximate surface area is 177 Å². The van der Waals surface area contributed by atoms with Crippen LogP contribution >= 0.6 is 0 Å². The maximum atomic E-state index is 12.8. The number of ether oxygens (including phenoxy) is 3. The molecule has 9 nitrogen and oxygen atoms in total. The first-order valence-electron chi connectivity index (χ1n) is 8.85. The van der Waals surface area contributed by atoms with Gasteiger partial charge in [0.15, 0.2) is 9.84 Å². The van der Waals surface area contributed by atoms with E-state index in [-0.39, 0.29) is 28.2 Å². The molecule has 31 heavy (non-hydrogen) atoms. The Morgan fingerprint density at radius 3 is 2.03 bits per heavy atom. The third-order valence-corrected chi connectivity index (χ3v) is 5.06. The van der Waals surface area contributed by atoms with Crippen molar-refractivity contribution in [3.63, 3.8) is 0 Å². The number of fused-ring (bicyclic) bond motifs is 1. The van der Waals surface area contributed by atoms with E-state index in [4.69, 9.17) is 9.15 Å². The number of carbonyl (C=O) groups is 3. The smallest absolute Gasteiger partial charge is 0.379 e. The Hall–Kier alpha value is -3.66. The minimum atomic E-state index is -3.50. The molecule has 3 aromatic rings. The van der Waals surface area contributed by atoms with E-state index < -0.39 is 33.5 Å². The minimum absolute atomic E-state index is 0.0471. The molecular weight excluding hydrogens is 428 g/mol. The largest absolute Gasteiger partial charge is 0.465 e. The Kier molecular flexibility index (Phi) is 6.11. The molecule has 0 aliphatic rings. The quantitative estimate of drug-likeness (QED) is 0.415. The van der Waals surface area contributed by atoms with E-state index in [2.05, 4.69) is 9.47 Å². The molecule has 0 fully saturated rings. The molecule has 1 aromatic heterocycles. The molecule has 10 heteroatoms. The van der Waals surface area contributed by atoms with Gasteiger partial charge in [-0.05, 0) is 24.3 Å². The van der Waals surface area contributed by atoms with E-state index in [0.717, 1.165) is 20.5 Å². The second-order valence-electron chi connectivity index (χ2n) is 6.59. The first kappa shape index (κ1) is 22.0. The van der Waals surface area contributed by atoms with Crippen molar-refractivity contribution in [3.05, 3.63) is 64.9 Å². The van der Waals surface area contributed by atoms with Crippen molar-refractivity contribution in [1.29, 1.82) is 0 Å². The lowest BCUT2D eigenvalue weighted by Gasteiger charge is -2.08. The first-order valence-corrected chi connectivity index (χ1v) is 10.9. The topological polar surface area (TPSA) is 126 Å². The summed E-state index contributed by atoms with van der Waals surface area (Å²) in [6, 6.07) is 10.2. The van der Waals surface area contributed by atoms with Gasteiger partial charge in [-0.25, -0.2) is 22.8 Å². The lowest BCUT2D eigenvalue weighted by molar-refractivity contribution is 0.0591. The third kappa shape index (κ3) is 4.92. The minimum Gasteiger partial charge on any atom is -0.465 e. The Bertz CT molecular complexity index is 1250. The van der Waals surface area contributed by atoms with Gasteiger partial charge in [0.05, 0.1) is 31.1 Å². The lowest BCUT2D eigenvalue weighted by atomic mass is 10.1. The summed E-state index contributed by atoms with van der Waals surface area (Å²) in [5.74, 6) is -3.40. The molecule has 0 aliphatic heterocycles. The number of hydrogen-bond donors (Lipinski definition) is 0. The molecule has 3 rings (SSSR count). The van der Waals surface area contributed by atoms with Crippen LogP contribution in [0.25, 0.3) is 11.0 Å². The van der Waals surface area contributed by atoms with Gasteiger partial charge in [0.1, 0.15) is 11.3 Å². The highest BCUT2D eigenvalue weighted by atomic mass is 32.2. The van der Waals surface area contributed by atoms with Crippen LogP contribution in [0.3, 0.4) is 0 Å². The van der Waals surface area contributed by atoms with E-state index in [9.17, 15) is 22.8 Å². The molecule has 0 atom stereocenters. The molecule has 0 unspecified atom stereocenters. The van der Waals surface area contributed by atoms with Gasteiger partial charge in [0.2, 0.25) is 5.76 Å². The van der Waals surface area contributed by atoms with Crippen LogP contribution in [-0.4, -0.2) is 46.8 Å². The Balaban J connectivity index is 2.05. The summed E-state index contributed by atoms with van der Waals surface area (Å²) in [5.41, 5.74) is 0.371. The monoisotopic (exact) mass is 446 g/mol. The van der Waals surface area contributed by atoms with E-state index in [1.807, 2.05) is 0 Å². The zero-order valence-electron chi connectivity index (χ0n) is 16.8. The number of esters is 3. The summed E-state index contributed by atoms with van der Waals surface area (Å²) in [4.78, 5) is 36.7. The summed E-state index contributed by atoms with van der Waals surface area (Å²) in [7, 11) is -1.19. The summed E-state index contributed by atoms with van der Waals surface area (Å²) in [6.45, 7) is 0. The van der Waals surface area contributed by atoms with Crippen LogP contribution in [0.15, 0.2) is 46.9 Å². The van der Waals surface area contributed by atoms with E-state index >= 15 is 0 Å². The van der Waals surface area contributed by atoms with Gasteiger partial charge in [-0.15, -0.1) is 0 Å². The molecule has 0 amide bonds. The van der Waals surface area contributed by atoms with Crippen molar-refractivity contribution >= 4 is 38.7 Å². The predicted octanol–water partition coefficient (Wildman–Crippen LogP) is 2.77. The SMILES string of the molecule is COC(=O)c1cc(OC(=O)c2oc3ccccc3c2CS(C)(=O)=O)cc(C(=O)OC)c1. The normalized spacial score (nSPS) is 11.2. The molecule has 1 heterocycles. The van der Waals surface area contributed by atoms with Crippen molar-refractivity contribution in [2.24, 2.45) is 0 Å². The van der Waals surface area contributed by atoms with Crippen molar-refractivity contribution < 1.29 is 41.4 Å². The van der Waals surface area contributed by atoms with Gasteiger partial charge in [-0.2, -0.15) is 0 Å². The van der Waals surface area contributed by atoms with Crippen LogP contribution in [0.4, 0.5) is 0 Å². The van der Waals surface area contributed by atoms with E-state index in [1.165, 1.54) is 18.2 Å². The van der Waals surface area contributed by atoms with Crippen LogP contribution in [0.1, 0.15) is 36.8 Å². The number of carbonyl (C=O) groups excluding carboxylic acids is 3. The number of sulfone groups is 1. The third-order valence-electron chi connectivity index (χ3n) is 4.25. The number of para-hydroxylation sites is 1. The lowest BCUT2D eigenvalue weighted by Crippen LogP contribution is -2.13. The summed E-state index contributed by atoms with van der Waals surface area (Å²) in [6.07, 6.45) is 1.03. The molecule has 0 N–H and O–H groups in total. The molecular formula is C21H18O9S. The molecule has 0 saturated carbocycles. The highest BCUT2D eigenvalue weighted by molar-refractivity contribution is 7.89. The highest BCUT2D eigenvalue weighted by Gasteiger charge is 2.26. The summed E-state index contributed by atoms with van der Waals surface area (Å²) < 4.78 is 43.9. The van der Waals surface area contributed by atoms with Gasteiger partial charge in [-0.1, -0.05) is 18.2 Å². The van der Waals surface area contributed by atoms with Crippen molar-refractivity contribution in [1.82, 2.24) is 0 Å². The number of benzene rings is 2. The average Bonchev–Trinajstić information content (AvgIpc) is 3.09. The fourth-order valence-electron chi connectivity index (χ4n) is 2.95. The average molecular weight is 446 g/mol. The van der Waals surface area contributed by atoms with Crippen LogP contribution in [-0.2, 0) is 25.1 Å². The zero-order valence-corrected chi connectivity index (χ0v) is 17.6. The van der Waals surface area contributed by atoms with Crippen molar-refractivity contribution in [2.45, 2.75) is 5.75 Å². The van der Waals surface area contributed by atoms with E-state index in [0.29, 0.717) is 11.0 Å². The molecule has 0 radical (unpaired) electrons. The molecule has 0 saturated heterocycles. The van der Waals surface area contributed by atoms with Gasteiger partial charge < -0.3 is 18.6 Å². The van der Waals surface area contributed by atoms with Crippen molar-refractivity contribution in [2.75, 3.05) is 20.5 Å². The predicted molar refractivity (Wildman–Crippen MR) is 109 cm³/mol. The first-order chi connectivity index (χ1) is 14.6. The standard InChI is InChI=1S/C21H18O9S/c1-27-19(22)12-8-13(20(23)28-2)10-14(9-12)29-21(24)18-16(11-31(3,25)26)15-6-4-5-7-17(15)30-18/h4-10H,11H2,1-3H3. The summed E-state index contributed by atoms with van der Waals surface area (Å²) in [5, 5.41) is 0.457. The van der Waals surface area contributed by atoms with Gasteiger partial charge in [-0.3, -0.25) is 0 Å². The fraction of sp³-hybridized carbons (Fsp3) is 0.190. The number of furan rings is 1. The van der Waals surface area contributed by atoms with Crippen molar-refractivity contribution in [3.8, 4) is 5.75 Å². The van der Waals surface area contributed by atoms with Crippen LogP contribution in [0, 0.1) is 0 Å². The second-order valence-corrected chi connectivity index (χ2v) is 8.73. The number of hydrogen-bond acceptors (Lipinski definition) is 9. The summed E-state index contributed by atoms with van der Waals surface area (Å²) >= 11 is 0. The molecule has 0 bridgehead atoms. The zero-order chi connectivity index (χ0) is 22.8. The molecule has 162 valence electrons. The Morgan fingerprint density at radius 1 is 0.903 bits per heavy atom.